The number of anilines is 1. The van der Waals surface area contributed by atoms with Crippen LogP contribution in [0.2, 0.25) is 0 Å². The van der Waals surface area contributed by atoms with Crippen molar-refractivity contribution in [2.24, 2.45) is 0 Å². The molecule has 36 heavy (non-hydrogen) atoms. The molecule has 0 atom stereocenters. The number of nitrogens with zero attached hydrogens (tertiary/aromatic N) is 2. The Bertz CT molecular complexity index is 1370. The van der Waals surface area contributed by atoms with E-state index in [9.17, 15) is 4.79 Å². The first-order chi connectivity index (χ1) is 17.6. The minimum Gasteiger partial charge on any atom is -0.490 e. The zero-order valence-electron chi connectivity index (χ0n) is 19.8. The van der Waals surface area contributed by atoms with Crippen molar-refractivity contribution in [3.8, 4) is 23.3 Å². The monoisotopic (exact) mass is 479 g/mol. The number of benzene rings is 3. The number of pyridine rings is 1. The molecular weight excluding hydrogens is 454 g/mol. The Balaban J connectivity index is 1.41. The van der Waals surface area contributed by atoms with Crippen molar-refractivity contribution in [3.63, 3.8) is 0 Å². The first kappa shape index (κ1) is 24.3. The smallest absolute Gasteiger partial charge is 0.255 e. The summed E-state index contributed by atoms with van der Waals surface area (Å²) in [5.74, 6) is 1.36. The molecule has 0 saturated heterocycles. The zero-order chi connectivity index (χ0) is 25.2. The minimum atomic E-state index is -0.284. The van der Waals surface area contributed by atoms with Gasteiger partial charge in [0.05, 0.1) is 18.2 Å². The van der Waals surface area contributed by atoms with Crippen LogP contribution in [0, 0.1) is 11.3 Å². The maximum Gasteiger partial charge on any atom is 0.255 e. The van der Waals surface area contributed by atoms with Crippen molar-refractivity contribution in [1.29, 1.82) is 5.26 Å². The zero-order valence-corrected chi connectivity index (χ0v) is 19.8. The van der Waals surface area contributed by atoms with Crippen molar-refractivity contribution in [2.75, 3.05) is 11.9 Å². The van der Waals surface area contributed by atoms with Gasteiger partial charge in [0.2, 0.25) is 0 Å². The average Bonchev–Trinajstić information content (AvgIpc) is 2.92. The van der Waals surface area contributed by atoms with Gasteiger partial charge in [-0.05, 0) is 61.0 Å². The third-order valence-electron chi connectivity index (χ3n) is 5.18. The Morgan fingerprint density at radius 2 is 1.72 bits per heavy atom. The summed E-state index contributed by atoms with van der Waals surface area (Å²) in [4.78, 5) is 17.0. The second-order valence-electron chi connectivity index (χ2n) is 7.83. The lowest BCUT2D eigenvalue weighted by Gasteiger charge is -2.14. The molecule has 3 aromatic carbocycles. The first-order valence-electron chi connectivity index (χ1n) is 11.5. The number of carbonyl (C=O) groups excluding carboxylic acids is 1. The molecule has 1 heterocycles. The van der Waals surface area contributed by atoms with E-state index in [1.54, 1.807) is 60.9 Å². The average molecular weight is 480 g/mol. The Kier molecular flexibility index (Phi) is 8.13. The van der Waals surface area contributed by atoms with Gasteiger partial charge < -0.3 is 19.5 Å². The Morgan fingerprint density at radius 1 is 0.889 bits per heavy atom. The van der Waals surface area contributed by atoms with Gasteiger partial charge in [0.15, 0.2) is 11.5 Å². The van der Waals surface area contributed by atoms with E-state index in [-0.39, 0.29) is 5.91 Å². The van der Waals surface area contributed by atoms with Crippen LogP contribution in [0.4, 0.5) is 5.69 Å². The Morgan fingerprint density at radius 3 is 2.53 bits per heavy atom. The highest BCUT2D eigenvalue weighted by atomic mass is 16.5. The van der Waals surface area contributed by atoms with E-state index in [0.29, 0.717) is 53.9 Å². The highest BCUT2D eigenvalue weighted by Crippen LogP contribution is 2.30. The molecule has 180 valence electrons. The van der Waals surface area contributed by atoms with Crippen molar-refractivity contribution >= 4 is 11.6 Å². The van der Waals surface area contributed by atoms with Gasteiger partial charge in [-0.1, -0.05) is 24.3 Å². The molecule has 0 aliphatic heterocycles. The molecular formula is C29H25N3O4. The molecule has 0 saturated carbocycles. The number of ether oxygens (including phenoxy) is 3. The standard InChI is InChI=1S/C29H25N3O4/c1-2-34-28-15-24(11-12-27(28)36-20-23-8-5-13-31-18-23)29(33)32-25-9-4-10-26(16-25)35-19-22-7-3-6-21(14-22)17-30/h3-16,18H,2,19-20H2,1H3,(H,32,33). The van der Waals surface area contributed by atoms with E-state index in [1.807, 2.05) is 37.3 Å². The second kappa shape index (κ2) is 12.0. The van der Waals surface area contributed by atoms with E-state index in [1.165, 1.54) is 0 Å². The third kappa shape index (κ3) is 6.61. The molecule has 7 nitrogen and oxygen atoms in total. The molecule has 1 aromatic heterocycles. The van der Waals surface area contributed by atoms with Crippen LogP contribution in [0.25, 0.3) is 0 Å². The summed E-state index contributed by atoms with van der Waals surface area (Å²) >= 11 is 0. The minimum absolute atomic E-state index is 0.284. The number of nitriles is 1. The number of amides is 1. The number of carbonyl (C=O) groups is 1. The first-order valence-corrected chi connectivity index (χ1v) is 11.5. The van der Waals surface area contributed by atoms with Gasteiger partial charge in [-0.2, -0.15) is 5.26 Å². The van der Waals surface area contributed by atoms with Crippen LogP contribution in [0.3, 0.4) is 0 Å². The van der Waals surface area contributed by atoms with Gasteiger partial charge in [-0.25, -0.2) is 0 Å². The SMILES string of the molecule is CCOc1cc(C(=O)Nc2cccc(OCc3cccc(C#N)c3)c2)ccc1OCc1cccnc1. The summed E-state index contributed by atoms with van der Waals surface area (Å²) < 4.78 is 17.5. The molecule has 4 aromatic rings. The van der Waals surface area contributed by atoms with Gasteiger partial charge in [0.1, 0.15) is 19.0 Å². The van der Waals surface area contributed by atoms with Crippen LogP contribution >= 0.6 is 0 Å². The number of rotatable bonds is 10. The summed E-state index contributed by atoms with van der Waals surface area (Å²) in [6, 6.07) is 25.4. The summed E-state index contributed by atoms with van der Waals surface area (Å²) in [6.45, 7) is 2.96. The fourth-order valence-corrected chi connectivity index (χ4v) is 3.45. The number of hydrogen-bond donors (Lipinski definition) is 1. The Hall–Kier alpha value is -4.83. The predicted molar refractivity (Wildman–Crippen MR) is 136 cm³/mol. The molecule has 0 fully saturated rings. The molecule has 1 amide bonds. The topological polar surface area (TPSA) is 93.5 Å². The molecule has 0 aliphatic rings. The van der Waals surface area contributed by atoms with Gasteiger partial charge in [-0.15, -0.1) is 0 Å². The second-order valence-corrected chi connectivity index (χ2v) is 7.83. The molecule has 7 heteroatoms. The molecule has 0 radical (unpaired) electrons. The van der Waals surface area contributed by atoms with Crippen molar-refractivity contribution in [2.45, 2.75) is 20.1 Å². The summed E-state index contributed by atoms with van der Waals surface area (Å²) in [5, 5.41) is 11.9. The van der Waals surface area contributed by atoms with Crippen LogP contribution in [0.15, 0.2) is 91.3 Å². The number of aromatic nitrogens is 1. The van der Waals surface area contributed by atoms with Gasteiger partial charge in [0.25, 0.3) is 5.91 Å². The predicted octanol–water partition coefficient (Wildman–Crippen LogP) is 5.76. The van der Waals surface area contributed by atoms with Crippen LogP contribution in [0.1, 0.15) is 34.0 Å². The third-order valence-corrected chi connectivity index (χ3v) is 5.18. The molecule has 0 bridgehead atoms. The summed E-state index contributed by atoms with van der Waals surface area (Å²) in [6.07, 6.45) is 3.45. The van der Waals surface area contributed by atoms with E-state index in [4.69, 9.17) is 19.5 Å². The quantitative estimate of drug-likeness (QED) is 0.311. The lowest BCUT2D eigenvalue weighted by Crippen LogP contribution is -2.12. The highest BCUT2D eigenvalue weighted by molar-refractivity contribution is 6.04. The van der Waals surface area contributed by atoms with E-state index in [0.717, 1.165) is 11.1 Å². The lowest BCUT2D eigenvalue weighted by atomic mass is 10.1. The fourth-order valence-electron chi connectivity index (χ4n) is 3.45. The molecule has 0 unspecified atom stereocenters. The van der Waals surface area contributed by atoms with Crippen LogP contribution in [0.5, 0.6) is 17.2 Å². The lowest BCUT2D eigenvalue weighted by molar-refractivity contribution is 0.102. The number of nitrogens with one attached hydrogen (secondary N) is 1. The maximum absolute atomic E-state index is 12.9. The van der Waals surface area contributed by atoms with Crippen LogP contribution in [-0.2, 0) is 13.2 Å². The highest BCUT2D eigenvalue weighted by Gasteiger charge is 2.13. The van der Waals surface area contributed by atoms with E-state index < -0.39 is 0 Å². The summed E-state index contributed by atoms with van der Waals surface area (Å²) in [7, 11) is 0. The molecule has 4 rings (SSSR count). The van der Waals surface area contributed by atoms with E-state index in [2.05, 4.69) is 16.4 Å². The van der Waals surface area contributed by atoms with Gasteiger partial charge in [-0.3, -0.25) is 9.78 Å². The number of hydrogen-bond acceptors (Lipinski definition) is 6. The maximum atomic E-state index is 12.9. The van der Waals surface area contributed by atoms with Crippen molar-refractivity contribution in [3.05, 3.63) is 114 Å². The van der Waals surface area contributed by atoms with Gasteiger partial charge >= 0.3 is 0 Å². The normalized spacial score (nSPS) is 10.2. The Labute approximate surface area is 209 Å². The summed E-state index contributed by atoms with van der Waals surface area (Å²) in [5.41, 5.74) is 3.43. The van der Waals surface area contributed by atoms with E-state index >= 15 is 0 Å². The van der Waals surface area contributed by atoms with Crippen LogP contribution in [-0.4, -0.2) is 17.5 Å². The molecule has 0 spiro atoms. The van der Waals surface area contributed by atoms with Crippen LogP contribution < -0.4 is 19.5 Å². The fraction of sp³-hybridized carbons (Fsp3) is 0.138. The molecule has 0 aliphatic carbocycles. The van der Waals surface area contributed by atoms with Gasteiger partial charge in [0, 0.05) is 35.3 Å². The largest absolute Gasteiger partial charge is 0.490 e. The molecule has 1 N–H and O–H groups in total. The van der Waals surface area contributed by atoms with Crippen molar-refractivity contribution in [1.82, 2.24) is 4.98 Å². The van der Waals surface area contributed by atoms with Crippen molar-refractivity contribution < 1.29 is 19.0 Å².